The van der Waals surface area contributed by atoms with Gasteiger partial charge in [0.1, 0.15) is 5.75 Å². The van der Waals surface area contributed by atoms with E-state index in [4.69, 9.17) is 0 Å². The minimum Gasteiger partial charge on any atom is -0.508 e. The first-order valence-corrected chi connectivity index (χ1v) is 9.34. The first-order chi connectivity index (χ1) is 11.3. The molecule has 2 aromatic carbocycles. The molecule has 2 aliphatic carbocycles. The first kappa shape index (κ1) is 19.1. The molecule has 0 radical (unpaired) electrons. The van der Waals surface area contributed by atoms with Gasteiger partial charge in [0.25, 0.3) is 0 Å². The maximum atomic E-state index is 9.71. The van der Waals surface area contributed by atoms with Gasteiger partial charge in [-0.2, -0.15) is 12.8 Å². The zero-order valence-electron chi connectivity index (χ0n) is 14.9. The van der Waals surface area contributed by atoms with Gasteiger partial charge < -0.3 is 11.5 Å². The second-order valence-electron chi connectivity index (χ2n) is 7.61. The Morgan fingerprint density at radius 3 is 2.17 bits per heavy atom. The third-order valence-electron chi connectivity index (χ3n) is 6.24. The molecule has 2 saturated carbocycles. The summed E-state index contributed by atoms with van der Waals surface area (Å²) in [6.07, 6.45) is 13.5. The summed E-state index contributed by atoms with van der Waals surface area (Å²) >= 11 is 0. The minimum atomic E-state index is 0. The standard InChI is InChI=1S/C22H27O.Rb/c23-22-13-12-19-10-11-20(14-21(19)15-22)18-8-6-17(7-9-18)16-4-2-1-3-5-16;/h1,10-18,23H,2-9H2;/q-1;+1. The summed E-state index contributed by atoms with van der Waals surface area (Å²) < 4.78 is 0. The van der Waals surface area contributed by atoms with E-state index in [0.29, 0.717) is 11.7 Å². The molecule has 2 aliphatic rings. The molecule has 0 saturated heterocycles. The normalized spacial score (nSPS) is 25.3. The monoisotopic (exact) mass is 392 g/mol. The average molecular weight is 393 g/mol. The van der Waals surface area contributed by atoms with Crippen molar-refractivity contribution in [2.75, 3.05) is 0 Å². The number of aromatic hydroxyl groups is 1. The third kappa shape index (κ3) is 4.34. The molecule has 0 atom stereocenters. The van der Waals surface area contributed by atoms with Crippen LogP contribution in [0.25, 0.3) is 10.8 Å². The summed E-state index contributed by atoms with van der Waals surface area (Å²) in [5, 5.41) is 12.1. The zero-order valence-corrected chi connectivity index (χ0v) is 19.8. The van der Waals surface area contributed by atoms with Crippen molar-refractivity contribution in [3.8, 4) is 5.75 Å². The first-order valence-electron chi connectivity index (χ1n) is 9.34. The van der Waals surface area contributed by atoms with Crippen LogP contribution in [0.3, 0.4) is 0 Å². The molecule has 0 unspecified atom stereocenters. The maximum Gasteiger partial charge on any atom is 1.00 e. The van der Waals surface area contributed by atoms with Crippen LogP contribution in [0.1, 0.15) is 62.8 Å². The van der Waals surface area contributed by atoms with E-state index in [2.05, 4.69) is 24.6 Å². The molecule has 0 aliphatic heterocycles. The molecule has 0 aromatic heterocycles. The molecule has 122 valence electrons. The van der Waals surface area contributed by atoms with Gasteiger partial charge in [0.05, 0.1) is 0 Å². The average Bonchev–Trinajstić information content (AvgIpc) is 2.62. The number of hydrogen-bond donors (Lipinski definition) is 1. The number of phenols is 1. The number of phenolic OH excluding ortho intramolecular Hbond substituents is 1. The molecule has 0 amide bonds. The van der Waals surface area contributed by atoms with Crippen molar-refractivity contribution in [3.05, 3.63) is 48.4 Å². The van der Waals surface area contributed by atoms with Gasteiger partial charge in [-0.1, -0.05) is 37.1 Å². The Morgan fingerprint density at radius 1 is 0.750 bits per heavy atom. The van der Waals surface area contributed by atoms with Crippen LogP contribution in [0.5, 0.6) is 5.75 Å². The van der Waals surface area contributed by atoms with E-state index in [1.54, 1.807) is 6.07 Å². The Hall–Kier alpha value is 0.305. The Balaban J connectivity index is 0.00000169. The van der Waals surface area contributed by atoms with Crippen molar-refractivity contribution in [3.63, 3.8) is 0 Å². The van der Waals surface area contributed by atoms with E-state index in [1.165, 1.54) is 67.7 Å². The SMILES string of the molecule is Oc1ccc2ccc(C3CCC(C4CC[CH-]CC4)CC3)cc2c1.[Rb+]. The van der Waals surface area contributed by atoms with Crippen molar-refractivity contribution in [1.29, 1.82) is 0 Å². The van der Waals surface area contributed by atoms with Gasteiger partial charge in [-0.15, -0.1) is 0 Å². The number of hydrogen-bond acceptors (Lipinski definition) is 1. The van der Waals surface area contributed by atoms with E-state index in [9.17, 15) is 5.11 Å². The van der Waals surface area contributed by atoms with Crippen LogP contribution < -0.4 is 58.2 Å². The Kier molecular flexibility index (Phi) is 6.99. The summed E-state index contributed by atoms with van der Waals surface area (Å²) in [7, 11) is 0. The van der Waals surface area contributed by atoms with Crippen LogP contribution in [-0.2, 0) is 0 Å². The van der Waals surface area contributed by atoms with Gasteiger partial charge in [-0.05, 0) is 71.9 Å². The molecule has 1 nitrogen and oxygen atoms in total. The summed E-state index contributed by atoms with van der Waals surface area (Å²) in [5.41, 5.74) is 1.47. The van der Waals surface area contributed by atoms with Gasteiger partial charge in [-0.25, -0.2) is 0 Å². The van der Waals surface area contributed by atoms with Gasteiger partial charge in [0, 0.05) is 0 Å². The van der Waals surface area contributed by atoms with Crippen LogP contribution in [0.4, 0.5) is 0 Å². The summed E-state index contributed by atoms with van der Waals surface area (Å²) in [6.45, 7) is 0. The van der Waals surface area contributed by atoms with Crippen molar-refractivity contribution in [1.82, 2.24) is 0 Å². The number of benzene rings is 2. The van der Waals surface area contributed by atoms with Crippen molar-refractivity contribution in [2.45, 2.75) is 57.3 Å². The fourth-order valence-corrected chi connectivity index (χ4v) is 4.85. The Morgan fingerprint density at radius 2 is 1.42 bits per heavy atom. The topological polar surface area (TPSA) is 20.2 Å². The van der Waals surface area contributed by atoms with Crippen LogP contribution >= 0.6 is 0 Å². The van der Waals surface area contributed by atoms with E-state index in [0.717, 1.165) is 11.8 Å². The molecule has 2 aromatic rings. The summed E-state index contributed by atoms with van der Waals surface area (Å²) in [4.78, 5) is 0. The second kappa shape index (κ2) is 8.80. The molecule has 0 bridgehead atoms. The molecule has 2 fully saturated rings. The van der Waals surface area contributed by atoms with Crippen molar-refractivity contribution >= 4 is 10.8 Å². The minimum absolute atomic E-state index is 0. The molecule has 2 heteroatoms. The molecule has 4 rings (SSSR count). The fraction of sp³-hybridized carbons (Fsp3) is 0.500. The van der Waals surface area contributed by atoms with Crippen molar-refractivity contribution in [2.24, 2.45) is 11.8 Å². The quantitative estimate of drug-likeness (QED) is 0.778. The van der Waals surface area contributed by atoms with Crippen LogP contribution in [0.2, 0.25) is 0 Å². The summed E-state index contributed by atoms with van der Waals surface area (Å²) in [6, 6.07) is 12.5. The predicted octanol–water partition coefficient (Wildman–Crippen LogP) is 3.22. The number of rotatable bonds is 2. The molecular formula is C22H27ORb. The van der Waals surface area contributed by atoms with Crippen LogP contribution in [0, 0.1) is 18.3 Å². The molecular weight excluding hydrogens is 366 g/mol. The fourth-order valence-electron chi connectivity index (χ4n) is 4.85. The predicted molar refractivity (Wildman–Crippen MR) is 96.6 cm³/mol. The molecule has 24 heavy (non-hydrogen) atoms. The van der Waals surface area contributed by atoms with Crippen LogP contribution in [-0.4, -0.2) is 5.11 Å². The van der Waals surface area contributed by atoms with Crippen molar-refractivity contribution < 1.29 is 63.3 Å². The van der Waals surface area contributed by atoms with Gasteiger partial charge >= 0.3 is 58.2 Å². The molecule has 1 N–H and O–H groups in total. The molecule has 0 heterocycles. The van der Waals surface area contributed by atoms with Gasteiger partial charge in [-0.3, -0.25) is 0 Å². The second-order valence-corrected chi connectivity index (χ2v) is 7.61. The van der Waals surface area contributed by atoms with Crippen LogP contribution in [0.15, 0.2) is 36.4 Å². The Labute approximate surface area is 195 Å². The smallest absolute Gasteiger partial charge is 0.508 e. The summed E-state index contributed by atoms with van der Waals surface area (Å²) in [5.74, 6) is 3.06. The zero-order chi connectivity index (χ0) is 15.6. The van der Waals surface area contributed by atoms with Gasteiger partial charge in [0.2, 0.25) is 0 Å². The van der Waals surface area contributed by atoms with Gasteiger partial charge in [0.15, 0.2) is 0 Å². The Bertz CT molecular complexity index is 667. The largest absolute Gasteiger partial charge is 1.00 e. The van der Waals surface area contributed by atoms with E-state index in [-0.39, 0.29) is 58.2 Å². The van der Waals surface area contributed by atoms with E-state index in [1.807, 2.05) is 12.1 Å². The van der Waals surface area contributed by atoms with E-state index >= 15 is 0 Å². The maximum absolute atomic E-state index is 9.71. The van der Waals surface area contributed by atoms with E-state index < -0.39 is 0 Å². The molecule has 0 spiro atoms. The third-order valence-corrected chi connectivity index (χ3v) is 6.24. The number of fused-ring (bicyclic) bond motifs is 1.